The molecule has 0 bridgehead atoms. The number of hydrogen-bond donors (Lipinski definition) is 0. The van der Waals surface area contributed by atoms with Gasteiger partial charge in [0.25, 0.3) is 0 Å². The Morgan fingerprint density at radius 1 is 0.944 bits per heavy atom. The first-order chi connectivity index (χ1) is 8.45. The molecule has 3 nitrogen and oxygen atoms in total. The Balaban J connectivity index is 2.63. The summed E-state index contributed by atoms with van der Waals surface area (Å²) in [6.45, 7) is 6.46. The molecule has 1 aromatic carbocycles. The van der Waals surface area contributed by atoms with Crippen LogP contribution >= 0.6 is 0 Å². The van der Waals surface area contributed by atoms with Gasteiger partial charge in [-0.2, -0.15) is 0 Å². The average Bonchev–Trinajstić information content (AvgIpc) is 2.35. The van der Waals surface area contributed by atoms with Gasteiger partial charge in [-0.1, -0.05) is 26.8 Å². The molecule has 1 heterocycles. The molecule has 2 aromatic rings. The summed E-state index contributed by atoms with van der Waals surface area (Å²) in [6, 6.07) is 8.01. The lowest BCUT2D eigenvalue weighted by Crippen LogP contribution is -2.13. The highest BCUT2D eigenvalue weighted by Gasteiger charge is 2.16. The maximum Gasteiger partial charge on any atom is 0.162 e. The molecule has 0 unspecified atom stereocenters. The van der Waals surface area contributed by atoms with Crippen LogP contribution in [0.2, 0.25) is 0 Å². The third-order valence-electron chi connectivity index (χ3n) is 2.96. The number of rotatable bonds is 2. The number of benzene rings is 1. The van der Waals surface area contributed by atoms with Gasteiger partial charge in [0.1, 0.15) is 0 Å². The number of fused-ring (bicyclic) bond motifs is 1. The summed E-state index contributed by atoms with van der Waals surface area (Å²) in [6.07, 6.45) is 0. The van der Waals surface area contributed by atoms with Crippen LogP contribution in [0.5, 0.6) is 11.5 Å². The van der Waals surface area contributed by atoms with E-state index < -0.39 is 0 Å². The first-order valence-corrected chi connectivity index (χ1v) is 5.99. The smallest absolute Gasteiger partial charge is 0.162 e. The van der Waals surface area contributed by atoms with E-state index in [2.05, 4.69) is 32.9 Å². The van der Waals surface area contributed by atoms with Gasteiger partial charge < -0.3 is 9.47 Å². The molecule has 0 saturated heterocycles. The number of methoxy groups -OCH3 is 2. The van der Waals surface area contributed by atoms with Crippen molar-refractivity contribution in [2.45, 2.75) is 26.2 Å². The minimum Gasteiger partial charge on any atom is -0.493 e. The van der Waals surface area contributed by atoms with E-state index in [1.54, 1.807) is 14.2 Å². The molecule has 96 valence electrons. The zero-order valence-electron chi connectivity index (χ0n) is 11.6. The fraction of sp³-hybridized carbons (Fsp3) is 0.400. The molecule has 2 rings (SSSR count). The van der Waals surface area contributed by atoms with E-state index in [9.17, 15) is 0 Å². The Morgan fingerprint density at radius 2 is 1.56 bits per heavy atom. The Hall–Kier alpha value is -1.77. The fourth-order valence-corrected chi connectivity index (χ4v) is 1.87. The van der Waals surface area contributed by atoms with Crippen LogP contribution in [-0.4, -0.2) is 19.2 Å². The molecule has 1 aromatic heterocycles. The molecule has 0 amide bonds. The molecule has 0 aliphatic carbocycles. The van der Waals surface area contributed by atoms with Crippen molar-refractivity contribution in [2.75, 3.05) is 14.2 Å². The number of pyridine rings is 1. The first-order valence-electron chi connectivity index (χ1n) is 5.99. The van der Waals surface area contributed by atoms with Gasteiger partial charge in [0, 0.05) is 22.6 Å². The van der Waals surface area contributed by atoms with Gasteiger partial charge >= 0.3 is 0 Å². The van der Waals surface area contributed by atoms with Crippen LogP contribution in [-0.2, 0) is 5.41 Å². The van der Waals surface area contributed by atoms with E-state index in [1.807, 2.05) is 12.1 Å². The molecule has 18 heavy (non-hydrogen) atoms. The van der Waals surface area contributed by atoms with Crippen molar-refractivity contribution in [1.82, 2.24) is 4.98 Å². The average molecular weight is 245 g/mol. The lowest BCUT2D eigenvalue weighted by Gasteiger charge is -2.18. The molecule has 0 spiro atoms. The van der Waals surface area contributed by atoms with Crippen molar-refractivity contribution < 1.29 is 9.47 Å². The maximum absolute atomic E-state index is 5.30. The molecule has 0 saturated carbocycles. The lowest BCUT2D eigenvalue weighted by atomic mass is 9.91. The SMILES string of the molecule is COc1cc2ccc(C(C)(C)C)nc2cc1OC. The van der Waals surface area contributed by atoms with E-state index in [0.717, 1.165) is 22.3 Å². The Kier molecular flexibility index (Phi) is 3.16. The molecule has 0 fully saturated rings. The maximum atomic E-state index is 5.30. The molecular formula is C15H19NO2. The predicted molar refractivity (Wildman–Crippen MR) is 73.5 cm³/mol. The van der Waals surface area contributed by atoms with Crippen LogP contribution in [0.3, 0.4) is 0 Å². The minimum atomic E-state index is 0.0430. The first kappa shape index (κ1) is 12.7. The second-order valence-electron chi connectivity index (χ2n) is 5.35. The van der Waals surface area contributed by atoms with E-state index in [4.69, 9.17) is 14.5 Å². The zero-order valence-corrected chi connectivity index (χ0v) is 11.6. The van der Waals surface area contributed by atoms with Crippen LogP contribution < -0.4 is 9.47 Å². The van der Waals surface area contributed by atoms with E-state index in [-0.39, 0.29) is 5.41 Å². The lowest BCUT2D eigenvalue weighted by molar-refractivity contribution is 0.355. The molecule has 0 aliphatic rings. The zero-order chi connectivity index (χ0) is 13.3. The highest BCUT2D eigenvalue weighted by molar-refractivity contribution is 5.82. The summed E-state index contributed by atoms with van der Waals surface area (Å²) >= 11 is 0. The molecule has 0 N–H and O–H groups in total. The number of hydrogen-bond acceptors (Lipinski definition) is 3. The largest absolute Gasteiger partial charge is 0.493 e. The Bertz CT molecular complexity index is 570. The van der Waals surface area contributed by atoms with Crippen molar-refractivity contribution in [2.24, 2.45) is 0 Å². The monoisotopic (exact) mass is 245 g/mol. The van der Waals surface area contributed by atoms with Crippen molar-refractivity contribution in [3.05, 3.63) is 30.0 Å². The third-order valence-corrected chi connectivity index (χ3v) is 2.96. The number of aromatic nitrogens is 1. The highest BCUT2D eigenvalue weighted by atomic mass is 16.5. The quantitative estimate of drug-likeness (QED) is 0.810. The molecular weight excluding hydrogens is 226 g/mol. The van der Waals surface area contributed by atoms with E-state index >= 15 is 0 Å². The standard InChI is InChI=1S/C15H19NO2/c1-15(2,3)14-7-6-10-8-12(17-4)13(18-5)9-11(10)16-14/h6-9H,1-5H3. The van der Waals surface area contributed by atoms with Gasteiger partial charge in [-0.15, -0.1) is 0 Å². The third kappa shape index (κ3) is 2.26. The Morgan fingerprint density at radius 3 is 2.11 bits per heavy atom. The normalized spacial score (nSPS) is 11.6. The Labute approximate surface area is 108 Å². The summed E-state index contributed by atoms with van der Waals surface area (Å²) < 4.78 is 10.6. The van der Waals surface area contributed by atoms with Gasteiger partial charge in [0.15, 0.2) is 11.5 Å². The molecule has 0 atom stereocenters. The highest BCUT2D eigenvalue weighted by Crippen LogP contribution is 2.32. The summed E-state index contributed by atoms with van der Waals surface area (Å²) in [4.78, 5) is 4.69. The van der Waals surface area contributed by atoms with Gasteiger partial charge in [0.05, 0.1) is 19.7 Å². The second-order valence-corrected chi connectivity index (χ2v) is 5.35. The molecule has 0 aliphatic heterocycles. The summed E-state index contributed by atoms with van der Waals surface area (Å²) in [7, 11) is 3.28. The van der Waals surface area contributed by atoms with E-state index in [0.29, 0.717) is 5.75 Å². The van der Waals surface area contributed by atoms with Crippen molar-refractivity contribution in [3.63, 3.8) is 0 Å². The van der Waals surface area contributed by atoms with Crippen molar-refractivity contribution in [3.8, 4) is 11.5 Å². The molecule has 3 heteroatoms. The van der Waals surface area contributed by atoms with Crippen LogP contribution in [0.25, 0.3) is 10.9 Å². The van der Waals surface area contributed by atoms with Crippen LogP contribution in [0, 0.1) is 0 Å². The summed E-state index contributed by atoms with van der Waals surface area (Å²) in [5, 5.41) is 1.06. The van der Waals surface area contributed by atoms with Gasteiger partial charge in [0.2, 0.25) is 0 Å². The minimum absolute atomic E-state index is 0.0430. The van der Waals surface area contributed by atoms with Crippen LogP contribution in [0.1, 0.15) is 26.5 Å². The predicted octanol–water partition coefficient (Wildman–Crippen LogP) is 3.55. The summed E-state index contributed by atoms with van der Waals surface area (Å²) in [5.74, 6) is 1.44. The van der Waals surface area contributed by atoms with Gasteiger partial charge in [-0.3, -0.25) is 4.98 Å². The fourth-order valence-electron chi connectivity index (χ4n) is 1.87. The topological polar surface area (TPSA) is 31.4 Å². The van der Waals surface area contributed by atoms with Crippen molar-refractivity contribution in [1.29, 1.82) is 0 Å². The van der Waals surface area contributed by atoms with E-state index in [1.165, 1.54) is 0 Å². The second kappa shape index (κ2) is 4.48. The van der Waals surface area contributed by atoms with Crippen LogP contribution in [0.15, 0.2) is 24.3 Å². The number of ether oxygens (including phenoxy) is 2. The van der Waals surface area contributed by atoms with Gasteiger partial charge in [-0.05, 0) is 12.1 Å². The molecule has 0 radical (unpaired) electrons. The summed E-state index contributed by atoms with van der Waals surface area (Å²) in [5.41, 5.74) is 2.05. The van der Waals surface area contributed by atoms with Crippen LogP contribution in [0.4, 0.5) is 0 Å². The van der Waals surface area contributed by atoms with Crippen molar-refractivity contribution >= 4 is 10.9 Å². The number of nitrogens with zero attached hydrogens (tertiary/aromatic N) is 1. The van der Waals surface area contributed by atoms with Gasteiger partial charge in [-0.25, -0.2) is 0 Å².